The first-order valence-corrected chi connectivity index (χ1v) is 28.2. The molecule has 0 heterocycles. The normalized spacial score (nSPS) is 13.1. The third-order valence-corrected chi connectivity index (χ3v) is 11.4. The highest BCUT2D eigenvalue weighted by atomic mass is 16.6. The molecule has 0 fully saturated rings. The predicted octanol–water partition coefficient (Wildman–Crippen LogP) is 19.0. The summed E-state index contributed by atoms with van der Waals surface area (Å²) in [7, 11) is 0. The summed E-state index contributed by atoms with van der Waals surface area (Å²) in [4.78, 5) is 38.1. The van der Waals surface area contributed by atoms with Crippen molar-refractivity contribution in [2.75, 3.05) is 13.2 Å². The molecule has 0 aliphatic rings. The summed E-state index contributed by atoms with van der Waals surface area (Å²) in [5.41, 5.74) is 0. The summed E-state index contributed by atoms with van der Waals surface area (Å²) in [5, 5.41) is 0. The van der Waals surface area contributed by atoms with Gasteiger partial charge in [0, 0.05) is 19.3 Å². The van der Waals surface area contributed by atoms with Crippen LogP contribution in [0.3, 0.4) is 0 Å². The molecule has 0 aromatic heterocycles. The van der Waals surface area contributed by atoms with Crippen LogP contribution in [0.15, 0.2) is 134 Å². The highest BCUT2D eigenvalue weighted by Gasteiger charge is 2.19. The summed E-state index contributed by atoms with van der Waals surface area (Å²) in [6, 6.07) is 0. The molecule has 0 aromatic carbocycles. The smallest absolute Gasteiger partial charge is 0.306 e. The van der Waals surface area contributed by atoms with Gasteiger partial charge in [-0.3, -0.25) is 14.4 Å². The zero-order valence-electron chi connectivity index (χ0n) is 45.0. The first kappa shape index (κ1) is 65.5. The van der Waals surface area contributed by atoms with Crippen LogP contribution in [-0.4, -0.2) is 37.2 Å². The molecule has 0 spiro atoms. The van der Waals surface area contributed by atoms with Crippen LogP contribution in [0.5, 0.6) is 0 Å². The number of carbonyl (C=O) groups excluding carboxylic acids is 3. The number of hydrogen-bond donors (Lipinski definition) is 0. The Balaban J connectivity index is 4.58. The van der Waals surface area contributed by atoms with Gasteiger partial charge in [-0.2, -0.15) is 0 Å². The van der Waals surface area contributed by atoms with Crippen molar-refractivity contribution in [2.45, 2.75) is 239 Å². The Morgan fingerprint density at radius 2 is 0.586 bits per heavy atom. The number of esters is 3. The molecule has 6 heteroatoms. The van der Waals surface area contributed by atoms with E-state index in [-0.39, 0.29) is 37.5 Å². The Kier molecular flexibility index (Phi) is 53.5. The molecule has 0 aliphatic carbocycles. The summed E-state index contributed by atoms with van der Waals surface area (Å²) in [6.07, 6.45) is 80.2. The molecule has 0 N–H and O–H groups in total. The highest BCUT2D eigenvalue weighted by molar-refractivity contribution is 5.71. The van der Waals surface area contributed by atoms with Crippen LogP contribution in [0.4, 0.5) is 0 Å². The molecule has 0 amide bonds. The van der Waals surface area contributed by atoms with E-state index in [4.69, 9.17) is 14.2 Å². The second kappa shape index (κ2) is 57.1. The van der Waals surface area contributed by atoms with Gasteiger partial charge in [0.1, 0.15) is 13.2 Å². The summed E-state index contributed by atoms with van der Waals surface area (Å²) < 4.78 is 16.8. The molecule has 394 valence electrons. The number of hydrogen-bond acceptors (Lipinski definition) is 6. The Labute approximate surface area is 430 Å². The van der Waals surface area contributed by atoms with Crippen molar-refractivity contribution in [2.24, 2.45) is 0 Å². The van der Waals surface area contributed by atoms with Crippen LogP contribution in [-0.2, 0) is 28.6 Å². The second-order valence-electron chi connectivity index (χ2n) is 18.1. The number of carbonyl (C=O) groups is 3. The van der Waals surface area contributed by atoms with Crippen molar-refractivity contribution < 1.29 is 28.6 Å². The maximum atomic E-state index is 12.9. The van der Waals surface area contributed by atoms with Crippen LogP contribution >= 0.6 is 0 Å². The maximum absolute atomic E-state index is 12.9. The third-order valence-electron chi connectivity index (χ3n) is 11.4. The third kappa shape index (κ3) is 54.5. The first-order valence-electron chi connectivity index (χ1n) is 28.2. The monoisotopic (exact) mass is 967 g/mol. The molecule has 0 saturated heterocycles. The molecule has 70 heavy (non-hydrogen) atoms. The van der Waals surface area contributed by atoms with Gasteiger partial charge in [0.25, 0.3) is 0 Å². The highest BCUT2D eigenvalue weighted by Crippen LogP contribution is 2.13. The van der Waals surface area contributed by atoms with Gasteiger partial charge in [-0.25, -0.2) is 0 Å². The van der Waals surface area contributed by atoms with Crippen molar-refractivity contribution in [3.63, 3.8) is 0 Å². The summed E-state index contributed by atoms with van der Waals surface area (Å²) in [5.74, 6) is -1.05. The van der Waals surface area contributed by atoms with Crippen LogP contribution in [0.1, 0.15) is 233 Å². The predicted molar refractivity (Wildman–Crippen MR) is 302 cm³/mol. The zero-order chi connectivity index (χ0) is 50.7. The molecular formula is C64H102O6. The largest absolute Gasteiger partial charge is 0.462 e. The van der Waals surface area contributed by atoms with Crippen molar-refractivity contribution in [3.05, 3.63) is 134 Å². The Morgan fingerprint density at radius 3 is 0.986 bits per heavy atom. The average molecular weight is 968 g/mol. The van der Waals surface area contributed by atoms with Crippen molar-refractivity contribution >= 4 is 17.9 Å². The fourth-order valence-electron chi connectivity index (χ4n) is 7.22. The van der Waals surface area contributed by atoms with E-state index in [0.29, 0.717) is 19.3 Å². The molecule has 0 bridgehead atoms. The van der Waals surface area contributed by atoms with Gasteiger partial charge in [-0.05, 0) is 122 Å². The lowest BCUT2D eigenvalue weighted by Crippen LogP contribution is -2.30. The Bertz CT molecular complexity index is 1530. The lowest BCUT2D eigenvalue weighted by atomic mass is 10.1. The minimum absolute atomic E-state index is 0.124. The topological polar surface area (TPSA) is 78.9 Å². The quantitative estimate of drug-likeness (QED) is 0.0262. The second-order valence-corrected chi connectivity index (χ2v) is 18.1. The van der Waals surface area contributed by atoms with Gasteiger partial charge in [-0.15, -0.1) is 0 Å². The van der Waals surface area contributed by atoms with E-state index in [0.717, 1.165) is 109 Å². The van der Waals surface area contributed by atoms with Gasteiger partial charge in [-0.1, -0.05) is 225 Å². The summed E-state index contributed by atoms with van der Waals surface area (Å²) >= 11 is 0. The van der Waals surface area contributed by atoms with E-state index in [1.165, 1.54) is 77.0 Å². The van der Waals surface area contributed by atoms with Gasteiger partial charge in [0.05, 0.1) is 0 Å². The fraction of sp³-hybridized carbons (Fsp3) is 0.609. The van der Waals surface area contributed by atoms with E-state index in [9.17, 15) is 14.4 Å². The lowest BCUT2D eigenvalue weighted by Gasteiger charge is -2.18. The van der Waals surface area contributed by atoms with E-state index >= 15 is 0 Å². The molecule has 0 saturated carbocycles. The summed E-state index contributed by atoms with van der Waals surface area (Å²) in [6.45, 7) is 6.30. The van der Waals surface area contributed by atoms with Crippen LogP contribution in [0.2, 0.25) is 0 Å². The molecule has 1 atom stereocenters. The van der Waals surface area contributed by atoms with Crippen molar-refractivity contribution in [3.8, 4) is 0 Å². The molecule has 0 rings (SSSR count). The van der Waals surface area contributed by atoms with Crippen LogP contribution < -0.4 is 0 Å². The van der Waals surface area contributed by atoms with E-state index < -0.39 is 6.10 Å². The van der Waals surface area contributed by atoms with E-state index in [1.54, 1.807) is 0 Å². The minimum Gasteiger partial charge on any atom is -0.462 e. The van der Waals surface area contributed by atoms with Crippen molar-refractivity contribution in [1.29, 1.82) is 0 Å². The number of allylic oxidation sites excluding steroid dienone is 22. The molecule has 0 aromatic rings. The number of ether oxygens (including phenoxy) is 3. The van der Waals surface area contributed by atoms with Gasteiger partial charge in [0.2, 0.25) is 0 Å². The van der Waals surface area contributed by atoms with Crippen molar-refractivity contribution in [1.82, 2.24) is 0 Å². The SMILES string of the molecule is CC/C=C\C/C=C\C/C=C\C/C=C\C/C=C\C/C=C\CCC(=O)OCC(COC(=O)CCCCC/C=C\C/C=C\C/C=C\C/C=C\CC)OC(=O)CCCCCCCCC/C=C\CCCCCCCC. The number of unbranched alkanes of at least 4 members (excludes halogenated alkanes) is 16. The fourth-order valence-corrected chi connectivity index (χ4v) is 7.22. The Morgan fingerprint density at radius 1 is 0.300 bits per heavy atom. The zero-order valence-corrected chi connectivity index (χ0v) is 45.0. The maximum Gasteiger partial charge on any atom is 0.306 e. The van der Waals surface area contributed by atoms with Gasteiger partial charge < -0.3 is 14.2 Å². The number of rotatable bonds is 49. The van der Waals surface area contributed by atoms with E-state index in [1.807, 2.05) is 12.2 Å². The molecular weight excluding hydrogens is 865 g/mol. The minimum atomic E-state index is -0.829. The van der Waals surface area contributed by atoms with Gasteiger partial charge in [0.15, 0.2) is 6.10 Å². The van der Waals surface area contributed by atoms with Crippen LogP contribution in [0.25, 0.3) is 0 Å². The Hall–Kier alpha value is -4.45. The van der Waals surface area contributed by atoms with Crippen LogP contribution in [0, 0.1) is 0 Å². The standard InChI is InChI=1S/C64H102O6/c1-4-7-10-13-16-19-22-25-28-31-32-34-36-39-42-45-48-51-54-57-63(66)69-60-61(59-68-62(65)56-53-50-47-44-41-38-35-30-27-24-21-18-15-12-9-6-3)70-64(67)58-55-52-49-46-43-40-37-33-29-26-23-20-17-14-11-8-5-2/h7,9-10,12,16,18-19,21,25-30,32,34,38-39,41-42,48,51,61H,4-6,8,11,13-15,17,20,22-24,31,33,35-37,40,43-47,49-50,52-60H2,1-3H3/b10-7-,12-9-,19-16-,21-18-,28-25-,29-26-,30-27-,34-32-,41-38-,42-39-,51-48-. The average Bonchev–Trinajstić information content (AvgIpc) is 3.36. The molecule has 0 aliphatic heterocycles. The molecule has 6 nitrogen and oxygen atoms in total. The first-order chi connectivity index (χ1) is 34.5. The van der Waals surface area contributed by atoms with E-state index in [2.05, 4.69) is 142 Å². The lowest BCUT2D eigenvalue weighted by molar-refractivity contribution is -0.166. The molecule has 1 unspecified atom stereocenters. The molecule has 0 radical (unpaired) electrons. The van der Waals surface area contributed by atoms with Gasteiger partial charge >= 0.3 is 17.9 Å².